The van der Waals surface area contributed by atoms with Crippen LogP contribution >= 0.6 is 22.9 Å². The fraction of sp³-hybridized carbons (Fsp3) is 0.111. The summed E-state index contributed by atoms with van der Waals surface area (Å²) in [4.78, 5) is 33.0. The standard InChI is InChI=1S/C27H21ClFN5O3S/c1-15-10-16(11-24(30)35)2-6-20(15)32-26-25-22(8-9-38-25)34(27(36)33-26)21-7-3-17(28)12-23(21)37-14-19-5-4-18(29)13-31-19/h2-10,12-13H,11,14H2,1H3,(H2,30,35)(H,32,33,36). The van der Waals surface area contributed by atoms with Crippen LogP contribution in [0.1, 0.15) is 16.8 Å². The van der Waals surface area contributed by atoms with E-state index in [2.05, 4.69) is 15.3 Å². The number of halogens is 2. The normalized spacial score (nSPS) is 11.0. The lowest BCUT2D eigenvalue weighted by atomic mass is 10.1. The molecule has 0 saturated heterocycles. The third-order valence-electron chi connectivity index (χ3n) is 5.75. The van der Waals surface area contributed by atoms with Crippen LogP contribution in [0, 0.1) is 12.7 Å². The van der Waals surface area contributed by atoms with Gasteiger partial charge >= 0.3 is 5.69 Å². The van der Waals surface area contributed by atoms with Gasteiger partial charge in [-0.05, 0) is 59.8 Å². The number of amides is 1. The predicted molar refractivity (Wildman–Crippen MR) is 146 cm³/mol. The number of primary amides is 1. The molecule has 8 nitrogen and oxygen atoms in total. The first kappa shape index (κ1) is 25.4. The molecular weight excluding hydrogens is 529 g/mol. The van der Waals surface area contributed by atoms with Crippen molar-refractivity contribution in [3.63, 3.8) is 0 Å². The molecular formula is C27H21ClFN5O3S. The first-order valence-electron chi connectivity index (χ1n) is 11.5. The summed E-state index contributed by atoms with van der Waals surface area (Å²) in [6, 6.07) is 15.1. The molecule has 1 amide bonds. The molecule has 0 aliphatic rings. The zero-order chi connectivity index (χ0) is 26.8. The summed E-state index contributed by atoms with van der Waals surface area (Å²) in [5.74, 6) is -0.0918. The molecule has 0 saturated carbocycles. The van der Waals surface area contributed by atoms with Crippen LogP contribution in [0.2, 0.25) is 5.02 Å². The lowest BCUT2D eigenvalue weighted by Gasteiger charge is -2.16. The molecule has 3 heterocycles. The fourth-order valence-corrected chi connectivity index (χ4v) is 4.99. The SMILES string of the molecule is Cc1cc(CC(N)=O)ccc1Nc1nc(=O)n(-c2ccc(Cl)cc2OCc2ccc(F)cn2)c2ccsc12. The number of aromatic nitrogens is 3. The first-order valence-corrected chi connectivity index (χ1v) is 12.7. The maximum Gasteiger partial charge on any atom is 0.354 e. The zero-order valence-electron chi connectivity index (χ0n) is 20.1. The number of hydrogen-bond donors (Lipinski definition) is 2. The van der Waals surface area contributed by atoms with Crippen molar-refractivity contribution in [1.82, 2.24) is 14.5 Å². The van der Waals surface area contributed by atoms with Crippen LogP contribution in [0.25, 0.3) is 15.9 Å². The highest BCUT2D eigenvalue weighted by Gasteiger charge is 2.18. The molecule has 0 aliphatic carbocycles. The minimum Gasteiger partial charge on any atom is -0.485 e. The summed E-state index contributed by atoms with van der Waals surface area (Å²) in [5, 5.41) is 5.55. The van der Waals surface area contributed by atoms with Crippen LogP contribution in [0.3, 0.4) is 0 Å². The van der Waals surface area contributed by atoms with Gasteiger partial charge in [-0.3, -0.25) is 14.3 Å². The van der Waals surface area contributed by atoms with Crippen molar-refractivity contribution in [2.45, 2.75) is 20.0 Å². The Bertz CT molecular complexity index is 1720. The maximum absolute atomic E-state index is 13.4. The second-order valence-corrected chi connectivity index (χ2v) is 9.85. The van der Waals surface area contributed by atoms with Gasteiger partial charge in [-0.15, -0.1) is 11.3 Å². The molecule has 0 atom stereocenters. The number of pyridine rings is 1. The molecule has 38 heavy (non-hydrogen) atoms. The Morgan fingerprint density at radius 2 is 2.03 bits per heavy atom. The fourth-order valence-electron chi connectivity index (χ4n) is 4.01. The van der Waals surface area contributed by atoms with E-state index in [9.17, 15) is 14.0 Å². The third-order valence-corrected chi connectivity index (χ3v) is 6.89. The minimum absolute atomic E-state index is 0.0489. The van der Waals surface area contributed by atoms with Crippen LogP contribution in [0.15, 0.2) is 71.0 Å². The number of hydrogen-bond acceptors (Lipinski definition) is 7. The van der Waals surface area contributed by atoms with E-state index in [-0.39, 0.29) is 13.0 Å². The smallest absolute Gasteiger partial charge is 0.354 e. The number of nitrogens with two attached hydrogens (primary N) is 1. The van der Waals surface area contributed by atoms with Gasteiger partial charge in [0.25, 0.3) is 0 Å². The van der Waals surface area contributed by atoms with Crippen LogP contribution < -0.4 is 21.5 Å². The van der Waals surface area contributed by atoms with Gasteiger partial charge in [-0.25, -0.2) is 9.18 Å². The molecule has 5 aromatic rings. The van der Waals surface area contributed by atoms with E-state index in [0.29, 0.717) is 33.5 Å². The topological polar surface area (TPSA) is 112 Å². The summed E-state index contributed by atoms with van der Waals surface area (Å²) < 4.78 is 21.4. The summed E-state index contributed by atoms with van der Waals surface area (Å²) >= 11 is 7.66. The highest BCUT2D eigenvalue weighted by molar-refractivity contribution is 7.17. The van der Waals surface area contributed by atoms with E-state index in [4.69, 9.17) is 22.1 Å². The average molecular weight is 550 g/mol. The monoisotopic (exact) mass is 549 g/mol. The number of rotatable bonds is 8. The molecule has 0 spiro atoms. The third kappa shape index (κ3) is 5.36. The Balaban J connectivity index is 1.51. The van der Waals surface area contributed by atoms with Gasteiger partial charge in [0.2, 0.25) is 5.91 Å². The maximum atomic E-state index is 13.4. The Morgan fingerprint density at radius 3 is 2.76 bits per heavy atom. The minimum atomic E-state index is -0.520. The number of fused-ring (bicyclic) bond motifs is 1. The Hall–Kier alpha value is -4.28. The van der Waals surface area contributed by atoms with Gasteiger partial charge in [-0.1, -0.05) is 23.7 Å². The van der Waals surface area contributed by atoms with Crippen molar-refractivity contribution in [3.8, 4) is 11.4 Å². The van der Waals surface area contributed by atoms with Crippen molar-refractivity contribution < 1.29 is 13.9 Å². The van der Waals surface area contributed by atoms with Gasteiger partial charge in [0.05, 0.1) is 34.2 Å². The Morgan fingerprint density at radius 1 is 1.18 bits per heavy atom. The molecule has 3 N–H and O–H groups in total. The summed E-state index contributed by atoms with van der Waals surface area (Å²) in [5.41, 5.74) is 8.81. The van der Waals surface area contributed by atoms with E-state index >= 15 is 0 Å². The molecule has 0 radical (unpaired) electrons. The van der Waals surface area contributed by atoms with E-state index in [0.717, 1.165) is 27.7 Å². The molecule has 0 aliphatic heterocycles. The molecule has 3 aromatic heterocycles. The number of anilines is 2. The van der Waals surface area contributed by atoms with Gasteiger partial charge in [0.1, 0.15) is 18.2 Å². The van der Waals surface area contributed by atoms with E-state index < -0.39 is 17.4 Å². The summed E-state index contributed by atoms with van der Waals surface area (Å²) in [7, 11) is 0. The van der Waals surface area contributed by atoms with Gasteiger partial charge in [-0.2, -0.15) is 4.98 Å². The Labute approximate surface area is 225 Å². The van der Waals surface area contributed by atoms with Crippen molar-refractivity contribution in [2.75, 3.05) is 5.32 Å². The van der Waals surface area contributed by atoms with Crippen LogP contribution in [-0.4, -0.2) is 20.4 Å². The van der Waals surface area contributed by atoms with Crippen molar-refractivity contribution in [2.24, 2.45) is 5.73 Å². The molecule has 0 bridgehead atoms. The molecule has 0 unspecified atom stereocenters. The number of nitrogens with zero attached hydrogens (tertiary/aromatic N) is 3. The lowest BCUT2D eigenvalue weighted by Crippen LogP contribution is -2.23. The average Bonchev–Trinajstić information content (AvgIpc) is 3.36. The van der Waals surface area contributed by atoms with Crippen LogP contribution in [-0.2, 0) is 17.8 Å². The quantitative estimate of drug-likeness (QED) is 0.272. The van der Waals surface area contributed by atoms with Crippen molar-refractivity contribution in [1.29, 1.82) is 0 Å². The largest absolute Gasteiger partial charge is 0.485 e. The molecule has 2 aromatic carbocycles. The van der Waals surface area contributed by atoms with E-state index in [1.165, 1.54) is 28.0 Å². The predicted octanol–water partition coefficient (Wildman–Crippen LogP) is 5.29. The van der Waals surface area contributed by atoms with Crippen molar-refractivity contribution >= 4 is 50.6 Å². The lowest BCUT2D eigenvalue weighted by molar-refractivity contribution is -0.117. The van der Waals surface area contributed by atoms with Crippen LogP contribution in [0.5, 0.6) is 5.75 Å². The molecule has 11 heteroatoms. The molecule has 0 fully saturated rings. The second kappa shape index (κ2) is 10.6. The van der Waals surface area contributed by atoms with Crippen LogP contribution in [0.4, 0.5) is 15.9 Å². The second-order valence-electron chi connectivity index (χ2n) is 8.50. The van der Waals surface area contributed by atoms with E-state index in [1.807, 2.05) is 30.5 Å². The number of nitrogens with one attached hydrogen (secondary N) is 1. The van der Waals surface area contributed by atoms with E-state index in [1.54, 1.807) is 24.3 Å². The van der Waals surface area contributed by atoms with Gasteiger partial charge < -0.3 is 15.8 Å². The summed E-state index contributed by atoms with van der Waals surface area (Å²) in [6.45, 7) is 1.94. The number of ether oxygens (including phenoxy) is 1. The Kier molecular flexibility index (Phi) is 7.08. The first-order chi connectivity index (χ1) is 18.3. The van der Waals surface area contributed by atoms with Gasteiger partial charge in [0, 0.05) is 16.8 Å². The van der Waals surface area contributed by atoms with Gasteiger partial charge in [0.15, 0.2) is 5.82 Å². The summed E-state index contributed by atoms with van der Waals surface area (Å²) in [6.07, 6.45) is 1.26. The highest BCUT2D eigenvalue weighted by atomic mass is 35.5. The molecule has 5 rings (SSSR count). The molecule has 192 valence electrons. The number of aryl methyl sites for hydroxylation is 1. The number of benzene rings is 2. The van der Waals surface area contributed by atoms with Crippen molar-refractivity contribution in [3.05, 3.63) is 104 Å². The zero-order valence-corrected chi connectivity index (χ0v) is 21.6. The highest BCUT2D eigenvalue weighted by Crippen LogP contribution is 2.34. The number of carbonyl (C=O) groups is 1. The number of thiophene rings is 1. The number of carbonyl (C=O) groups excluding carboxylic acids is 1.